The Bertz CT molecular complexity index is 511. The van der Waals surface area contributed by atoms with Crippen molar-refractivity contribution in [2.24, 2.45) is 5.92 Å². The quantitative estimate of drug-likeness (QED) is 0.792. The van der Waals surface area contributed by atoms with Crippen LogP contribution in [0.25, 0.3) is 0 Å². The number of benzene rings is 1. The van der Waals surface area contributed by atoms with Gasteiger partial charge in [0.2, 0.25) is 5.91 Å². The molecule has 1 heterocycles. The van der Waals surface area contributed by atoms with E-state index in [1.54, 1.807) is 0 Å². The first-order chi connectivity index (χ1) is 8.49. The Balaban J connectivity index is 2.17. The predicted octanol–water partition coefficient (Wildman–Crippen LogP) is 0.899. The van der Waals surface area contributed by atoms with Gasteiger partial charge in [-0.1, -0.05) is 0 Å². The third-order valence-electron chi connectivity index (χ3n) is 2.81. The van der Waals surface area contributed by atoms with E-state index in [9.17, 15) is 18.8 Å². The van der Waals surface area contributed by atoms with Crippen LogP contribution < -0.4 is 0 Å². The van der Waals surface area contributed by atoms with Gasteiger partial charge in [0, 0.05) is 18.5 Å². The molecule has 0 saturated carbocycles. The number of hydrogen-bond acceptors (Lipinski definition) is 3. The van der Waals surface area contributed by atoms with Gasteiger partial charge in [0.25, 0.3) is 5.91 Å². The molecule has 94 valence electrons. The summed E-state index contributed by atoms with van der Waals surface area (Å²) in [5.74, 6) is -3.55. The number of rotatable bonds is 2. The molecule has 1 atom stereocenters. The van der Waals surface area contributed by atoms with E-state index in [0.717, 1.165) is 17.0 Å². The molecular weight excluding hydrogens is 241 g/mol. The minimum atomic E-state index is -1.10. The van der Waals surface area contributed by atoms with E-state index >= 15 is 0 Å². The lowest BCUT2D eigenvalue weighted by atomic mass is 10.1. The summed E-state index contributed by atoms with van der Waals surface area (Å²) in [4.78, 5) is 35.1. The summed E-state index contributed by atoms with van der Waals surface area (Å²) in [5, 5.41) is 8.80. The average Bonchev–Trinajstić information content (AvgIpc) is 2.71. The minimum absolute atomic E-state index is 0.135. The second kappa shape index (κ2) is 4.56. The van der Waals surface area contributed by atoms with Gasteiger partial charge in [0.05, 0.1) is 5.92 Å². The van der Waals surface area contributed by atoms with Crippen LogP contribution >= 0.6 is 0 Å². The van der Waals surface area contributed by atoms with Crippen LogP contribution in [0.1, 0.15) is 16.8 Å². The van der Waals surface area contributed by atoms with Gasteiger partial charge in [-0.3, -0.25) is 19.3 Å². The number of amides is 2. The van der Waals surface area contributed by atoms with Crippen molar-refractivity contribution in [3.63, 3.8) is 0 Å². The van der Waals surface area contributed by atoms with E-state index in [1.165, 1.54) is 12.1 Å². The van der Waals surface area contributed by atoms with Crippen molar-refractivity contribution in [3.8, 4) is 0 Å². The maximum absolute atomic E-state index is 12.7. The number of hydrogen-bond donors (Lipinski definition) is 1. The highest BCUT2D eigenvalue weighted by Crippen LogP contribution is 2.20. The van der Waals surface area contributed by atoms with Crippen molar-refractivity contribution >= 4 is 17.8 Å². The number of carboxylic acids is 1. The second-order valence-corrected chi connectivity index (χ2v) is 4.06. The molecule has 1 saturated heterocycles. The number of carbonyl (C=O) groups is 3. The van der Waals surface area contributed by atoms with Gasteiger partial charge >= 0.3 is 5.97 Å². The van der Waals surface area contributed by atoms with Gasteiger partial charge < -0.3 is 5.11 Å². The molecule has 2 amide bonds. The Kier molecular flexibility index (Phi) is 3.10. The zero-order chi connectivity index (χ0) is 13.3. The molecule has 1 N–H and O–H groups in total. The van der Waals surface area contributed by atoms with Crippen molar-refractivity contribution in [2.75, 3.05) is 6.54 Å². The lowest BCUT2D eigenvalue weighted by Gasteiger charge is -2.13. The van der Waals surface area contributed by atoms with Crippen molar-refractivity contribution in [1.82, 2.24) is 4.90 Å². The Hall–Kier alpha value is -2.24. The monoisotopic (exact) mass is 251 g/mol. The van der Waals surface area contributed by atoms with Crippen LogP contribution in [0.2, 0.25) is 0 Å². The molecule has 6 heteroatoms. The molecule has 5 nitrogen and oxygen atoms in total. The molecule has 0 spiro atoms. The lowest BCUT2D eigenvalue weighted by molar-refractivity contribution is -0.141. The smallest absolute Gasteiger partial charge is 0.308 e. The number of halogens is 1. The average molecular weight is 251 g/mol. The highest BCUT2D eigenvalue weighted by atomic mass is 19.1. The van der Waals surface area contributed by atoms with Gasteiger partial charge in [-0.15, -0.1) is 0 Å². The van der Waals surface area contributed by atoms with Crippen LogP contribution in [-0.2, 0) is 9.59 Å². The number of carbonyl (C=O) groups excluding carboxylic acids is 2. The molecule has 0 aromatic heterocycles. The second-order valence-electron chi connectivity index (χ2n) is 4.06. The first kappa shape index (κ1) is 12.2. The molecular formula is C12H10FNO4. The first-order valence-corrected chi connectivity index (χ1v) is 5.32. The fourth-order valence-electron chi connectivity index (χ4n) is 1.82. The Morgan fingerprint density at radius 3 is 2.39 bits per heavy atom. The zero-order valence-corrected chi connectivity index (χ0v) is 9.30. The van der Waals surface area contributed by atoms with Crippen LogP contribution in [0.15, 0.2) is 24.3 Å². The van der Waals surface area contributed by atoms with Gasteiger partial charge in [0.1, 0.15) is 5.82 Å². The topological polar surface area (TPSA) is 74.7 Å². The van der Waals surface area contributed by atoms with E-state index < -0.39 is 29.5 Å². The van der Waals surface area contributed by atoms with Crippen molar-refractivity contribution in [1.29, 1.82) is 0 Å². The van der Waals surface area contributed by atoms with Crippen LogP contribution in [0, 0.1) is 11.7 Å². The number of carboxylic acid groups (broad SMARTS) is 1. The SMILES string of the molecule is O=C(O)C1CC(=O)N(C(=O)c2ccc(F)cc2)C1. The van der Waals surface area contributed by atoms with Crippen LogP contribution in [-0.4, -0.2) is 34.3 Å². The summed E-state index contributed by atoms with van der Waals surface area (Å²) in [6, 6.07) is 4.75. The molecule has 0 aliphatic carbocycles. The standard InChI is InChI=1S/C12H10FNO4/c13-9-3-1-7(2-4-9)11(16)14-6-8(12(17)18)5-10(14)15/h1-4,8H,5-6H2,(H,17,18). The summed E-state index contributed by atoms with van der Waals surface area (Å²) in [7, 11) is 0. The van der Waals surface area contributed by atoms with Crippen molar-refractivity contribution in [3.05, 3.63) is 35.6 Å². The third-order valence-corrected chi connectivity index (χ3v) is 2.81. The molecule has 18 heavy (non-hydrogen) atoms. The van der Waals surface area contributed by atoms with Crippen LogP contribution in [0.5, 0.6) is 0 Å². The van der Waals surface area contributed by atoms with Crippen molar-refractivity contribution < 1.29 is 23.9 Å². The Labute approximate surface area is 102 Å². The Morgan fingerprint density at radius 1 is 1.28 bits per heavy atom. The summed E-state index contributed by atoms with van der Waals surface area (Å²) < 4.78 is 12.7. The molecule has 2 rings (SSSR count). The molecule has 1 aromatic carbocycles. The fraction of sp³-hybridized carbons (Fsp3) is 0.250. The third kappa shape index (κ3) is 2.22. The van der Waals surface area contributed by atoms with Gasteiger partial charge in [-0.05, 0) is 24.3 Å². The number of nitrogens with zero attached hydrogens (tertiary/aromatic N) is 1. The number of aliphatic carboxylic acids is 1. The Morgan fingerprint density at radius 2 is 1.89 bits per heavy atom. The molecule has 1 aliphatic heterocycles. The molecule has 1 unspecified atom stereocenters. The summed E-state index contributed by atoms with van der Waals surface area (Å²) in [5.41, 5.74) is 0.163. The highest BCUT2D eigenvalue weighted by Gasteiger charge is 2.37. The number of likely N-dealkylation sites (tertiary alicyclic amines) is 1. The maximum atomic E-state index is 12.7. The summed E-state index contributed by atoms with van der Waals surface area (Å²) in [6.07, 6.45) is -0.178. The zero-order valence-electron chi connectivity index (χ0n) is 9.30. The molecule has 0 radical (unpaired) electrons. The van der Waals surface area contributed by atoms with Gasteiger partial charge in [-0.2, -0.15) is 0 Å². The van der Waals surface area contributed by atoms with Gasteiger partial charge in [-0.25, -0.2) is 4.39 Å². The van der Waals surface area contributed by atoms with E-state index in [4.69, 9.17) is 5.11 Å². The van der Waals surface area contributed by atoms with Gasteiger partial charge in [0.15, 0.2) is 0 Å². The molecule has 1 aromatic rings. The number of imide groups is 1. The van der Waals surface area contributed by atoms with E-state index in [2.05, 4.69) is 0 Å². The first-order valence-electron chi connectivity index (χ1n) is 5.32. The molecule has 1 aliphatic rings. The van der Waals surface area contributed by atoms with Crippen LogP contribution in [0.3, 0.4) is 0 Å². The summed E-state index contributed by atoms with van der Waals surface area (Å²) >= 11 is 0. The van der Waals surface area contributed by atoms with Crippen molar-refractivity contribution in [2.45, 2.75) is 6.42 Å². The lowest BCUT2D eigenvalue weighted by Crippen LogP contribution is -2.33. The van der Waals surface area contributed by atoms with E-state index in [0.29, 0.717) is 0 Å². The maximum Gasteiger partial charge on any atom is 0.308 e. The normalized spacial score (nSPS) is 19.1. The predicted molar refractivity (Wildman–Crippen MR) is 58.2 cm³/mol. The fourth-order valence-corrected chi connectivity index (χ4v) is 1.82. The van der Waals surface area contributed by atoms with E-state index in [-0.39, 0.29) is 18.5 Å². The molecule has 0 bridgehead atoms. The summed E-state index contributed by atoms with van der Waals surface area (Å²) in [6.45, 7) is -0.135. The molecule has 1 fully saturated rings. The van der Waals surface area contributed by atoms with Crippen LogP contribution in [0.4, 0.5) is 4.39 Å². The van der Waals surface area contributed by atoms with E-state index in [1.807, 2.05) is 0 Å². The largest absolute Gasteiger partial charge is 0.481 e. The highest BCUT2D eigenvalue weighted by molar-refractivity contribution is 6.06. The minimum Gasteiger partial charge on any atom is -0.481 e.